The zero-order chi connectivity index (χ0) is 19.3. The van der Waals surface area contributed by atoms with E-state index in [1.54, 1.807) is 6.26 Å². The summed E-state index contributed by atoms with van der Waals surface area (Å²) in [4.78, 5) is 13.9. The maximum Gasteiger partial charge on any atom is 0.320 e. The Bertz CT molecular complexity index is 907. The quantitative estimate of drug-likeness (QED) is 0.647. The van der Waals surface area contributed by atoms with Gasteiger partial charge in [0.2, 0.25) is 0 Å². The van der Waals surface area contributed by atoms with Crippen LogP contribution in [0.1, 0.15) is 36.6 Å². The van der Waals surface area contributed by atoms with Crippen LogP contribution in [0.15, 0.2) is 77.4 Å². The molecule has 0 spiro atoms. The van der Waals surface area contributed by atoms with E-state index in [1.165, 1.54) is 0 Å². The molecular weight excluding hydrogens is 354 g/mol. The fraction of sp³-hybridized carbons (Fsp3) is 0.261. The van der Waals surface area contributed by atoms with Crippen molar-refractivity contribution in [2.45, 2.75) is 31.3 Å². The van der Waals surface area contributed by atoms with Crippen LogP contribution in [-0.2, 0) is 4.79 Å². The summed E-state index contributed by atoms with van der Waals surface area (Å²) in [6.45, 7) is 0.714. The van der Waals surface area contributed by atoms with E-state index in [0.717, 1.165) is 29.9 Å². The number of hydrogen-bond acceptors (Lipinski definition) is 4. The Morgan fingerprint density at radius 2 is 1.86 bits per heavy atom. The van der Waals surface area contributed by atoms with E-state index in [0.29, 0.717) is 18.7 Å². The van der Waals surface area contributed by atoms with Crippen molar-refractivity contribution in [3.05, 3.63) is 84.3 Å². The minimum absolute atomic E-state index is 0.268. The molecule has 1 saturated heterocycles. The number of hydrogen-bond donors (Lipinski definition) is 1. The van der Waals surface area contributed by atoms with Gasteiger partial charge in [-0.25, -0.2) is 0 Å². The third-order valence-corrected chi connectivity index (χ3v) is 5.13. The largest absolute Gasteiger partial charge is 0.480 e. The summed E-state index contributed by atoms with van der Waals surface area (Å²) in [5.74, 6) is 1.43. The molecule has 1 aliphatic heterocycles. The van der Waals surface area contributed by atoms with Gasteiger partial charge < -0.3 is 14.3 Å². The van der Waals surface area contributed by atoms with Gasteiger partial charge in [-0.05, 0) is 54.8 Å². The van der Waals surface area contributed by atoms with Gasteiger partial charge in [-0.3, -0.25) is 9.69 Å². The maximum atomic E-state index is 11.9. The Labute approximate surface area is 164 Å². The van der Waals surface area contributed by atoms with Crippen LogP contribution in [0, 0.1) is 0 Å². The van der Waals surface area contributed by atoms with Gasteiger partial charge in [-0.15, -0.1) is 0 Å². The number of benzene rings is 2. The predicted octanol–water partition coefficient (Wildman–Crippen LogP) is 5.10. The second-order valence-electron chi connectivity index (χ2n) is 6.99. The van der Waals surface area contributed by atoms with E-state index < -0.39 is 12.0 Å². The summed E-state index contributed by atoms with van der Waals surface area (Å²) in [6.07, 6.45) is 4.18. The fourth-order valence-corrected chi connectivity index (χ4v) is 3.87. The molecule has 0 radical (unpaired) electrons. The van der Waals surface area contributed by atoms with E-state index in [-0.39, 0.29) is 6.04 Å². The Hall–Kier alpha value is -3.05. The first-order chi connectivity index (χ1) is 13.7. The van der Waals surface area contributed by atoms with Gasteiger partial charge in [0.25, 0.3) is 0 Å². The zero-order valence-electron chi connectivity index (χ0n) is 15.5. The molecule has 5 heteroatoms. The lowest BCUT2D eigenvalue weighted by Gasteiger charge is -2.38. The molecule has 1 aromatic heterocycles. The summed E-state index contributed by atoms with van der Waals surface area (Å²) in [7, 11) is 0. The van der Waals surface area contributed by atoms with Gasteiger partial charge in [0.05, 0.1) is 12.3 Å². The molecule has 1 aliphatic rings. The van der Waals surface area contributed by atoms with Crippen LogP contribution in [0.4, 0.5) is 0 Å². The molecule has 1 fully saturated rings. The second-order valence-corrected chi connectivity index (χ2v) is 6.99. The molecule has 2 heterocycles. The predicted molar refractivity (Wildman–Crippen MR) is 105 cm³/mol. The number of aliphatic carboxylic acids is 1. The van der Waals surface area contributed by atoms with Crippen molar-refractivity contribution in [2.75, 3.05) is 6.54 Å². The highest BCUT2D eigenvalue weighted by Crippen LogP contribution is 2.36. The first-order valence-corrected chi connectivity index (χ1v) is 9.57. The van der Waals surface area contributed by atoms with E-state index in [2.05, 4.69) is 0 Å². The molecule has 0 bridgehead atoms. The molecule has 28 heavy (non-hydrogen) atoms. The average Bonchev–Trinajstić information content (AvgIpc) is 3.24. The van der Waals surface area contributed by atoms with Crippen molar-refractivity contribution in [1.82, 2.24) is 4.90 Å². The van der Waals surface area contributed by atoms with Crippen LogP contribution in [0.5, 0.6) is 11.5 Å². The van der Waals surface area contributed by atoms with Gasteiger partial charge in [-0.2, -0.15) is 0 Å². The molecule has 144 valence electrons. The number of para-hydroxylation sites is 1. The number of piperidine rings is 1. The summed E-state index contributed by atoms with van der Waals surface area (Å²) in [5, 5.41) is 9.75. The molecule has 4 rings (SSSR count). The minimum atomic E-state index is -0.784. The molecule has 2 atom stereocenters. The zero-order valence-corrected chi connectivity index (χ0v) is 15.5. The summed E-state index contributed by atoms with van der Waals surface area (Å²) in [5.41, 5.74) is 0.955. The van der Waals surface area contributed by atoms with Crippen LogP contribution < -0.4 is 4.74 Å². The van der Waals surface area contributed by atoms with E-state index >= 15 is 0 Å². The Balaban J connectivity index is 1.69. The van der Waals surface area contributed by atoms with Gasteiger partial charge in [-0.1, -0.05) is 36.8 Å². The van der Waals surface area contributed by atoms with Gasteiger partial charge in [0.1, 0.15) is 23.3 Å². The monoisotopic (exact) mass is 377 g/mol. The van der Waals surface area contributed by atoms with Crippen molar-refractivity contribution in [3.8, 4) is 11.5 Å². The van der Waals surface area contributed by atoms with Gasteiger partial charge in [0.15, 0.2) is 0 Å². The Morgan fingerprint density at radius 1 is 1.04 bits per heavy atom. The Kier molecular flexibility index (Phi) is 5.44. The Morgan fingerprint density at radius 3 is 2.61 bits per heavy atom. The third kappa shape index (κ3) is 3.94. The lowest BCUT2D eigenvalue weighted by atomic mass is 9.94. The molecule has 0 amide bonds. The van der Waals surface area contributed by atoms with Crippen LogP contribution in [0.25, 0.3) is 0 Å². The number of furan rings is 1. The molecule has 0 aliphatic carbocycles. The highest BCUT2D eigenvalue weighted by Gasteiger charge is 2.36. The van der Waals surface area contributed by atoms with E-state index in [1.807, 2.05) is 71.6 Å². The number of ether oxygens (including phenoxy) is 1. The third-order valence-electron chi connectivity index (χ3n) is 5.13. The number of carboxylic acids is 1. The normalized spacial score (nSPS) is 18.5. The molecule has 3 aromatic rings. The highest BCUT2D eigenvalue weighted by molar-refractivity contribution is 5.73. The van der Waals surface area contributed by atoms with Crippen LogP contribution in [-0.4, -0.2) is 28.6 Å². The molecule has 5 nitrogen and oxygen atoms in total. The van der Waals surface area contributed by atoms with Gasteiger partial charge in [0, 0.05) is 6.54 Å². The van der Waals surface area contributed by atoms with Crippen LogP contribution in [0.2, 0.25) is 0 Å². The summed E-state index contributed by atoms with van der Waals surface area (Å²) in [6, 6.07) is 20.4. The smallest absolute Gasteiger partial charge is 0.320 e. The number of carbonyl (C=O) groups is 1. The van der Waals surface area contributed by atoms with Crippen molar-refractivity contribution in [2.24, 2.45) is 0 Å². The average molecular weight is 377 g/mol. The van der Waals surface area contributed by atoms with E-state index in [4.69, 9.17) is 9.15 Å². The maximum absolute atomic E-state index is 11.9. The standard InChI is InChI=1S/C23H23NO4/c25-23(26)20-12-4-5-14-24(20)22(21-13-7-15-27-21)17-8-6-11-19(16-17)28-18-9-2-1-3-10-18/h1-3,6-11,13,15-16,20,22H,4-5,12,14H2,(H,25,26). The van der Waals surface area contributed by atoms with Crippen molar-refractivity contribution in [1.29, 1.82) is 0 Å². The highest BCUT2D eigenvalue weighted by atomic mass is 16.5. The van der Waals surface area contributed by atoms with Crippen molar-refractivity contribution < 1.29 is 19.1 Å². The number of rotatable bonds is 6. The first kappa shape index (κ1) is 18.3. The summed E-state index contributed by atoms with van der Waals surface area (Å²) < 4.78 is 11.7. The molecule has 2 unspecified atom stereocenters. The molecule has 1 N–H and O–H groups in total. The lowest BCUT2D eigenvalue weighted by Crippen LogP contribution is -2.46. The van der Waals surface area contributed by atoms with Crippen molar-refractivity contribution >= 4 is 5.97 Å². The van der Waals surface area contributed by atoms with Crippen LogP contribution in [0.3, 0.4) is 0 Å². The first-order valence-electron chi connectivity index (χ1n) is 9.57. The number of carboxylic acid groups (broad SMARTS) is 1. The van der Waals surface area contributed by atoms with Gasteiger partial charge >= 0.3 is 5.97 Å². The lowest BCUT2D eigenvalue weighted by molar-refractivity contribution is -0.145. The molecule has 2 aromatic carbocycles. The fourth-order valence-electron chi connectivity index (χ4n) is 3.87. The number of likely N-dealkylation sites (tertiary alicyclic amines) is 1. The topological polar surface area (TPSA) is 62.9 Å². The summed E-state index contributed by atoms with van der Waals surface area (Å²) >= 11 is 0. The number of nitrogens with zero attached hydrogens (tertiary/aromatic N) is 1. The van der Waals surface area contributed by atoms with Crippen molar-refractivity contribution in [3.63, 3.8) is 0 Å². The van der Waals surface area contributed by atoms with E-state index in [9.17, 15) is 9.90 Å². The second kappa shape index (κ2) is 8.31. The minimum Gasteiger partial charge on any atom is -0.480 e. The SMILES string of the molecule is O=C(O)C1CCCCN1C(c1cccc(Oc2ccccc2)c1)c1ccco1. The van der Waals surface area contributed by atoms with Crippen LogP contribution >= 0.6 is 0 Å². The molecule has 0 saturated carbocycles. The molecular formula is C23H23NO4.